The van der Waals surface area contributed by atoms with Crippen molar-refractivity contribution < 1.29 is 20.1 Å². The van der Waals surface area contributed by atoms with Crippen LogP contribution in [-0.2, 0) is 4.74 Å². The van der Waals surface area contributed by atoms with Gasteiger partial charge < -0.3 is 20.1 Å². The molecule has 0 saturated heterocycles. The van der Waals surface area contributed by atoms with Crippen molar-refractivity contribution in [2.45, 2.75) is 98.0 Å². The molecule has 4 unspecified atom stereocenters. The number of ether oxygens (including phenoxy) is 1. The highest BCUT2D eigenvalue weighted by Gasteiger charge is 2.71. The van der Waals surface area contributed by atoms with Crippen molar-refractivity contribution in [3.63, 3.8) is 0 Å². The monoisotopic (exact) mass is 488 g/mol. The van der Waals surface area contributed by atoms with Gasteiger partial charge in [0.05, 0.1) is 25.9 Å². The minimum atomic E-state index is -0.394. The second-order valence-corrected chi connectivity index (χ2v) is 14.7. The highest BCUT2D eigenvalue weighted by atomic mass is 16.5. The van der Waals surface area contributed by atoms with Crippen molar-refractivity contribution in [3.8, 4) is 0 Å². The van der Waals surface area contributed by atoms with Crippen LogP contribution < -0.4 is 0 Å². The molecule has 0 aliphatic heterocycles. The molecule has 5 saturated carbocycles. The van der Waals surface area contributed by atoms with Gasteiger partial charge in [0.2, 0.25) is 0 Å². The van der Waals surface area contributed by atoms with Crippen LogP contribution in [0.5, 0.6) is 0 Å². The predicted molar refractivity (Wildman–Crippen MR) is 140 cm³/mol. The zero-order valence-electron chi connectivity index (χ0n) is 23.1. The normalized spacial score (nSPS) is 55.4. The van der Waals surface area contributed by atoms with Gasteiger partial charge in [0, 0.05) is 12.5 Å². The van der Waals surface area contributed by atoms with Crippen molar-refractivity contribution in [1.29, 1.82) is 0 Å². The minimum absolute atomic E-state index is 0.0876. The van der Waals surface area contributed by atoms with Crippen molar-refractivity contribution in [1.82, 2.24) is 0 Å². The highest BCUT2D eigenvalue weighted by molar-refractivity contribution is 5.22. The summed E-state index contributed by atoms with van der Waals surface area (Å²) in [6.07, 6.45) is 11.2. The first-order valence-electron chi connectivity index (χ1n) is 14.5. The minimum Gasteiger partial charge on any atom is -0.396 e. The average molecular weight is 489 g/mol. The molecule has 200 valence electrons. The lowest BCUT2D eigenvalue weighted by Gasteiger charge is -2.73. The second-order valence-electron chi connectivity index (χ2n) is 14.7. The molecule has 4 heteroatoms. The topological polar surface area (TPSA) is 69.9 Å². The summed E-state index contributed by atoms with van der Waals surface area (Å²) in [6, 6.07) is 0. The van der Waals surface area contributed by atoms with Gasteiger partial charge in [-0.2, -0.15) is 0 Å². The molecule has 3 N–H and O–H groups in total. The first-order valence-corrected chi connectivity index (χ1v) is 14.5. The number of rotatable bonds is 5. The summed E-state index contributed by atoms with van der Waals surface area (Å²) in [5.74, 6) is 2.62. The average Bonchev–Trinajstić information content (AvgIpc) is 3.21. The van der Waals surface area contributed by atoms with Gasteiger partial charge >= 0.3 is 0 Å². The van der Waals surface area contributed by atoms with E-state index in [-0.39, 0.29) is 40.3 Å². The Labute approximate surface area is 213 Å². The molecule has 0 bridgehead atoms. The third-order valence-corrected chi connectivity index (χ3v) is 13.9. The molecule has 35 heavy (non-hydrogen) atoms. The number of hydrogen-bond acceptors (Lipinski definition) is 4. The van der Waals surface area contributed by atoms with Crippen molar-refractivity contribution in [3.05, 3.63) is 12.2 Å². The van der Waals surface area contributed by atoms with Crippen molar-refractivity contribution in [2.24, 2.45) is 56.7 Å². The Hall–Kier alpha value is -0.420. The van der Waals surface area contributed by atoms with Crippen LogP contribution in [0.4, 0.5) is 0 Å². The van der Waals surface area contributed by atoms with Gasteiger partial charge in [0.15, 0.2) is 0 Å². The highest BCUT2D eigenvalue weighted by Crippen LogP contribution is 2.77. The number of hydrogen-bond donors (Lipinski definition) is 3. The van der Waals surface area contributed by atoms with E-state index in [1.165, 1.54) is 38.5 Å². The zero-order chi connectivity index (χ0) is 25.4. The van der Waals surface area contributed by atoms with E-state index in [0.29, 0.717) is 29.6 Å². The first-order chi connectivity index (χ1) is 16.5. The van der Waals surface area contributed by atoms with E-state index in [9.17, 15) is 15.3 Å². The molecular weight excluding hydrogens is 436 g/mol. The Balaban J connectivity index is 1.54. The standard InChI is InChI=1S/C31H52O4/c1-20(17-32)21-9-14-31(19-35-6)16-15-29(4)22(26(21)31)7-8-24-27(2)12-11-25(34)28(3,18-33)23(27)10-13-30(24,29)5/h21-26,32-34H,1,7-19H2,2-6H3/t21-,22?,23?,24?,25-,26?,27-,28-,29+,30+,31+/m0/s1. The van der Waals surface area contributed by atoms with Crippen LogP contribution in [0.25, 0.3) is 0 Å². The van der Waals surface area contributed by atoms with Gasteiger partial charge in [0.25, 0.3) is 0 Å². The second kappa shape index (κ2) is 8.55. The molecule has 11 atom stereocenters. The maximum atomic E-state index is 11.0. The quantitative estimate of drug-likeness (QED) is 0.441. The van der Waals surface area contributed by atoms with E-state index >= 15 is 0 Å². The molecule has 0 aromatic carbocycles. The van der Waals surface area contributed by atoms with E-state index < -0.39 is 6.10 Å². The summed E-state index contributed by atoms with van der Waals surface area (Å²) < 4.78 is 5.88. The third kappa shape index (κ3) is 3.25. The molecule has 5 aliphatic carbocycles. The zero-order valence-corrected chi connectivity index (χ0v) is 23.1. The molecule has 4 nitrogen and oxygen atoms in total. The number of aliphatic hydroxyl groups is 3. The molecular formula is C31H52O4. The Morgan fingerprint density at radius 3 is 2.26 bits per heavy atom. The smallest absolute Gasteiger partial charge is 0.0641 e. The van der Waals surface area contributed by atoms with Crippen LogP contribution in [0.1, 0.15) is 91.9 Å². The lowest BCUT2D eigenvalue weighted by atomic mass is 9.32. The molecule has 0 radical (unpaired) electrons. The van der Waals surface area contributed by atoms with Crippen molar-refractivity contribution >= 4 is 0 Å². The maximum absolute atomic E-state index is 11.0. The predicted octanol–water partition coefficient (Wildman–Crippen LogP) is 5.60. The number of aliphatic hydroxyl groups excluding tert-OH is 3. The lowest BCUT2D eigenvalue weighted by Crippen LogP contribution is -2.67. The van der Waals surface area contributed by atoms with Gasteiger partial charge in [-0.25, -0.2) is 0 Å². The number of fused-ring (bicyclic) bond motifs is 7. The molecule has 0 spiro atoms. The summed E-state index contributed by atoms with van der Waals surface area (Å²) in [5, 5.41) is 31.5. The summed E-state index contributed by atoms with van der Waals surface area (Å²) >= 11 is 0. The molecule has 0 amide bonds. The first kappa shape index (κ1) is 26.2. The van der Waals surface area contributed by atoms with E-state index in [1.807, 2.05) is 7.11 Å². The molecule has 0 aromatic rings. The van der Waals surface area contributed by atoms with E-state index in [1.54, 1.807) is 0 Å². The summed E-state index contributed by atoms with van der Waals surface area (Å²) in [5.41, 5.74) is 1.57. The Morgan fingerprint density at radius 2 is 1.60 bits per heavy atom. The summed E-state index contributed by atoms with van der Waals surface area (Å²) in [4.78, 5) is 0. The van der Waals surface area contributed by atoms with Gasteiger partial charge in [-0.3, -0.25) is 0 Å². The van der Waals surface area contributed by atoms with Crippen LogP contribution in [0, 0.1) is 56.7 Å². The fraction of sp³-hybridized carbons (Fsp3) is 0.935. The summed E-state index contributed by atoms with van der Waals surface area (Å²) in [6.45, 7) is 15.3. The van der Waals surface area contributed by atoms with Gasteiger partial charge in [-0.05, 0) is 121 Å². The molecule has 0 heterocycles. The molecule has 0 aromatic heterocycles. The largest absolute Gasteiger partial charge is 0.396 e. The van der Waals surface area contributed by atoms with Gasteiger partial charge in [-0.1, -0.05) is 34.3 Å². The van der Waals surface area contributed by atoms with Gasteiger partial charge in [0.1, 0.15) is 0 Å². The Kier molecular flexibility index (Phi) is 6.40. The number of methoxy groups -OCH3 is 1. The van der Waals surface area contributed by atoms with Crippen LogP contribution in [0.2, 0.25) is 0 Å². The third-order valence-electron chi connectivity index (χ3n) is 13.9. The van der Waals surface area contributed by atoms with Crippen LogP contribution in [-0.4, -0.2) is 48.4 Å². The molecule has 5 aliphatic rings. The van der Waals surface area contributed by atoms with Gasteiger partial charge in [-0.15, -0.1) is 0 Å². The molecule has 5 fully saturated rings. The fourth-order valence-corrected chi connectivity index (χ4v) is 11.9. The van der Waals surface area contributed by atoms with Crippen LogP contribution in [0.15, 0.2) is 12.2 Å². The van der Waals surface area contributed by atoms with E-state index in [4.69, 9.17) is 4.74 Å². The fourth-order valence-electron chi connectivity index (χ4n) is 11.9. The maximum Gasteiger partial charge on any atom is 0.0641 e. The van der Waals surface area contributed by atoms with E-state index in [0.717, 1.165) is 37.9 Å². The van der Waals surface area contributed by atoms with E-state index in [2.05, 4.69) is 34.3 Å². The van der Waals surface area contributed by atoms with Crippen LogP contribution in [0.3, 0.4) is 0 Å². The lowest BCUT2D eigenvalue weighted by molar-refractivity contribution is -0.255. The molecule has 5 rings (SSSR count). The Morgan fingerprint density at radius 1 is 0.857 bits per heavy atom. The SMILES string of the molecule is C=C(CO)[C@@H]1CC[C@]2(COC)CC[C@]3(C)C(CCC4[C@@]5(C)CC[C@H](O)[C@@](C)(CO)C5CC[C@]43C)C12. The van der Waals surface area contributed by atoms with Crippen molar-refractivity contribution in [2.75, 3.05) is 26.9 Å². The Bertz CT molecular complexity index is 842. The summed E-state index contributed by atoms with van der Waals surface area (Å²) in [7, 11) is 1.86. The van der Waals surface area contributed by atoms with Crippen LogP contribution >= 0.6 is 0 Å².